The lowest BCUT2D eigenvalue weighted by atomic mass is 9.97. The molecular formula is C40H43F3N6O4S. The van der Waals surface area contributed by atoms with E-state index in [1.54, 1.807) is 30.7 Å². The van der Waals surface area contributed by atoms with Gasteiger partial charge in [-0.05, 0) is 67.2 Å². The van der Waals surface area contributed by atoms with E-state index in [4.69, 9.17) is 9.47 Å². The summed E-state index contributed by atoms with van der Waals surface area (Å²) in [6, 6.07) is 13.8. The third-order valence-corrected chi connectivity index (χ3v) is 11.2. The van der Waals surface area contributed by atoms with Crippen LogP contribution in [0, 0.1) is 25.2 Å². The van der Waals surface area contributed by atoms with Crippen LogP contribution < -0.4 is 15.0 Å². The number of likely N-dealkylation sites (tertiary alicyclic amines) is 1. The molecule has 0 saturated carbocycles. The van der Waals surface area contributed by atoms with Crippen molar-refractivity contribution in [2.45, 2.75) is 52.0 Å². The Morgan fingerprint density at radius 2 is 1.69 bits per heavy atom. The Hall–Kier alpha value is -4.97. The molecule has 2 saturated heterocycles. The maximum atomic E-state index is 13.5. The van der Waals surface area contributed by atoms with E-state index in [2.05, 4.69) is 26.9 Å². The van der Waals surface area contributed by atoms with Gasteiger partial charge < -0.3 is 18.9 Å². The number of benzene rings is 2. The lowest BCUT2D eigenvalue weighted by molar-refractivity contribution is -0.140. The van der Waals surface area contributed by atoms with E-state index >= 15 is 0 Å². The molecule has 2 aromatic heterocycles. The molecule has 0 bridgehead atoms. The smallest absolute Gasteiger partial charge is 0.434 e. The Bertz CT molecular complexity index is 2140. The van der Waals surface area contributed by atoms with Gasteiger partial charge in [0.25, 0.3) is 11.5 Å². The van der Waals surface area contributed by atoms with Crippen molar-refractivity contribution in [1.82, 2.24) is 24.3 Å². The number of halogens is 3. The van der Waals surface area contributed by atoms with Crippen molar-refractivity contribution in [3.63, 3.8) is 0 Å². The van der Waals surface area contributed by atoms with Crippen LogP contribution in [0.1, 0.15) is 57.4 Å². The molecule has 2 aliphatic heterocycles. The topological polar surface area (TPSA) is 104 Å². The monoisotopic (exact) mass is 760 g/mol. The Morgan fingerprint density at radius 3 is 2.30 bits per heavy atom. The number of hydrogen-bond acceptors (Lipinski definition) is 9. The molecule has 0 radical (unpaired) electrons. The van der Waals surface area contributed by atoms with E-state index in [1.807, 2.05) is 50.4 Å². The molecule has 2 aromatic carbocycles. The van der Waals surface area contributed by atoms with Crippen LogP contribution in [0.2, 0.25) is 0 Å². The minimum absolute atomic E-state index is 0.0180. The Kier molecular flexibility index (Phi) is 11.6. The molecule has 284 valence electrons. The number of nitriles is 1. The third-order valence-electron chi connectivity index (χ3n) is 10.4. The lowest BCUT2D eigenvalue weighted by Gasteiger charge is -2.35. The molecule has 1 atom stereocenters. The van der Waals surface area contributed by atoms with Crippen LogP contribution >= 0.6 is 11.3 Å². The predicted octanol–water partition coefficient (Wildman–Crippen LogP) is 6.75. The number of piperazine rings is 1. The molecule has 2 aliphatic rings. The molecule has 0 aliphatic carbocycles. The quantitative estimate of drug-likeness (QED) is 0.129. The van der Waals surface area contributed by atoms with Crippen molar-refractivity contribution < 1.29 is 27.4 Å². The zero-order chi connectivity index (χ0) is 38.7. The second-order valence-corrected chi connectivity index (χ2v) is 14.7. The number of carbonyl (C=O) groups excluding carboxylic acids is 1. The molecule has 2 fully saturated rings. The van der Waals surface area contributed by atoms with Crippen molar-refractivity contribution in [2.24, 2.45) is 7.05 Å². The highest BCUT2D eigenvalue weighted by Gasteiger charge is 2.35. The van der Waals surface area contributed by atoms with Crippen molar-refractivity contribution >= 4 is 23.3 Å². The van der Waals surface area contributed by atoms with E-state index in [0.717, 1.165) is 113 Å². The summed E-state index contributed by atoms with van der Waals surface area (Å²) < 4.78 is 52.5. The van der Waals surface area contributed by atoms with Crippen LogP contribution in [0.25, 0.3) is 17.2 Å². The number of aryl methyl sites for hydroxylation is 1. The summed E-state index contributed by atoms with van der Waals surface area (Å²) in [6.45, 7) is 9.00. The fraction of sp³-hybridized carbons (Fsp3) is 0.400. The number of ether oxygens (including phenoxy) is 2. The molecule has 1 amide bonds. The van der Waals surface area contributed by atoms with Crippen LogP contribution in [0.5, 0.6) is 11.5 Å². The lowest BCUT2D eigenvalue weighted by Crippen LogP contribution is -2.45. The number of rotatable bonds is 10. The van der Waals surface area contributed by atoms with Gasteiger partial charge in [0.2, 0.25) is 0 Å². The number of alkyl halides is 3. The number of nitrogens with zero attached hydrogens (tertiary/aromatic N) is 6. The molecule has 0 N–H and O–H groups in total. The van der Waals surface area contributed by atoms with E-state index in [1.165, 1.54) is 0 Å². The normalized spacial score (nSPS) is 17.1. The van der Waals surface area contributed by atoms with Crippen molar-refractivity contribution in [1.29, 1.82) is 5.26 Å². The summed E-state index contributed by atoms with van der Waals surface area (Å²) in [5.74, 6) is 0.945. The zero-order valence-corrected chi connectivity index (χ0v) is 31.8. The van der Waals surface area contributed by atoms with Crippen LogP contribution in [-0.4, -0.2) is 77.1 Å². The number of amides is 1. The molecule has 6 rings (SSSR count). The molecule has 4 heterocycles. The third kappa shape index (κ3) is 8.23. The Balaban J connectivity index is 1.10. The van der Waals surface area contributed by atoms with Gasteiger partial charge in [-0.3, -0.25) is 19.4 Å². The minimum Gasteiger partial charge on any atom is -0.496 e. The Morgan fingerprint density at radius 1 is 1.02 bits per heavy atom. The highest BCUT2D eigenvalue weighted by Crippen LogP contribution is 2.38. The number of pyridine rings is 1. The molecule has 0 spiro atoms. The first kappa shape index (κ1) is 38.7. The fourth-order valence-electron chi connectivity index (χ4n) is 7.31. The van der Waals surface area contributed by atoms with Crippen LogP contribution in [0.3, 0.4) is 0 Å². The van der Waals surface area contributed by atoms with E-state index < -0.39 is 17.8 Å². The predicted molar refractivity (Wildman–Crippen MR) is 201 cm³/mol. The highest BCUT2D eigenvalue weighted by molar-refractivity contribution is 7.10. The fourth-order valence-corrected chi connectivity index (χ4v) is 8.06. The van der Waals surface area contributed by atoms with Gasteiger partial charge in [-0.1, -0.05) is 24.3 Å². The molecular weight excluding hydrogens is 718 g/mol. The number of aromatic nitrogens is 2. The summed E-state index contributed by atoms with van der Waals surface area (Å²) in [6.07, 6.45) is -0.125. The summed E-state index contributed by atoms with van der Waals surface area (Å²) in [5, 5.41) is 10.6. The van der Waals surface area contributed by atoms with Gasteiger partial charge >= 0.3 is 6.18 Å². The van der Waals surface area contributed by atoms with Crippen LogP contribution in [0.4, 0.5) is 13.2 Å². The molecule has 1 unspecified atom stereocenters. The van der Waals surface area contributed by atoms with Gasteiger partial charge in [-0.15, -0.1) is 11.3 Å². The van der Waals surface area contributed by atoms with Crippen molar-refractivity contribution in [2.75, 3.05) is 46.9 Å². The maximum absolute atomic E-state index is 13.5. The van der Waals surface area contributed by atoms with E-state index in [0.29, 0.717) is 18.7 Å². The number of carbonyl (C=O) groups is 1. The van der Waals surface area contributed by atoms with Crippen LogP contribution in [-0.2, 0) is 31.1 Å². The van der Waals surface area contributed by atoms with Gasteiger partial charge in [0, 0.05) is 75.6 Å². The van der Waals surface area contributed by atoms with Gasteiger partial charge in [-0.25, -0.2) is 4.98 Å². The first-order valence-electron chi connectivity index (χ1n) is 17.7. The largest absolute Gasteiger partial charge is 0.496 e. The number of methoxy groups -OCH3 is 2. The van der Waals surface area contributed by atoms with Gasteiger partial charge in [-0.2, -0.15) is 18.4 Å². The minimum atomic E-state index is -4.60. The molecule has 54 heavy (non-hydrogen) atoms. The summed E-state index contributed by atoms with van der Waals surface area (Å²) >= 11 is 0.743. The summed E-state index contributed by atoms with van der Waals surface area (Å²) in [7, 11) is 5.07. The number of thiazole rings is 1. The van der Waals surface area contributed by atoms with E-state index in [9.17, 15) is 28.0 Å². The molecule has 4 aromatic rings. The summed E-state index contributed by atoms with van der Waals surface area (Å²) in [5.41, 5.74) is 5.24. The summed E-state index contributed by atoms with van der Waals surface area (Å²) in [4.78, 5) is 35.9. The van der Waals surface area contributed by atoms with Crippen molar-refractivity contribution in [3.05, 3.63) is 102 Å². The molecule has 14 heteroatoms. The second kappa shape index (κ2) is 16.2. The van der Waals surface area contributed by atoms with Crippen LogP contribution in [0.15, 0.2) is 58.3 Å². The second-order valence-electron chi connectivity index (χ2n) is 13.8. The first-order valence-corrected chi connectivity index (χ1v) is 18.6. The SMILES string of the molecule is COc1cc(-c2cn(C)c(=O)c(C)c2C)cc(OC)c1CN1CCN(Cc2cccc(C3CCCN3C(=O)/C(C#N)=C/c3nc(C(F)(F)F)cs3)c2)CC1. The standard InChI is InChI=1S/C40H43F3N6O4S/c1-25-26(2)38(50)46(3)22-31(25)29-17-34(52-4)32(35(18-29)53-5)23-48-14-12-47(13-15-48)21-27-8-6-9-28(16-27)33-10-7-11-49(33)39(51)30(20-44)19-37-45-36(24-54-37)40(41,42)43/h6,8-9,16-19,22,24,33H,7,10-15,21,23H2,1-5H3/b30-19+. The Labute approximate surface area is 316 Å². The number of hydrogen-bond donors (Lipinski definition) is 0. The maximum Gasteiger partial charge on any atom is 0.434 e. The van der Waals surface area contributed by atoms with Gasteiger partial charge in [0.05, 0.1) is 25.8 Å². The van der Waals surface area contributed by atoms with Gasteiger partial charge in [0.1, 0.15) is 28.1 Å². The van der Waals surface area contributed by atoms with Crippen molar-refractivity contribution in [3.8, 4) is 28.7 Å². The first-order chi connectivity index (χ1) is 25.8. The highest BCUT2D eigenvalue weighted by atomic mass is 32.1. The average molecular weight is 761 g/mol. The zero-order valence-electron chi connectivity index (χ0n) is 31.0. The van der Waals surface area contributed by atoms with E-state index in [-0.39, 0.29) is 22.2 Å². The molecule has 10 nitrogen and oxygen atoms in total. The van der Waals surface area contributed by atoms with Gasteiger partial charge in [0.15, 0.2) is 5.69 Å². The average Bonchev–Trinajstić information content (AvgIpc) is 3.86.